The predicted octanol–water partition coefficient (Wildman–Crippen LogP) is 3.01. The second-order valence-electron chi connectivity index (χ2n) is 11.0. The van der Waals surface area contributed by atoms with Gasteiger partial charge in [-0.3, -0.25) is 29.4 Å². The molecule has 2 aromatic rings. The van der Waals surface area contributed by atoms with Crippen LogP contribution in [-0.2, 0) is 27.5 Å². The van der Waals surface area contributed by atoms with Crippen molar-refractivity contribution in [1.82, 2.24) is 15.1 Å². The van der Waals surface area contributed by atoms with E-state index in [0.717, 1.165) is 55.9 Å². The topological polar surface area (TPSA) is 99.3 Å². The first-order valence-electron chi connectivity index (χ1n) is 14.0. The molecule has 204 valence electrons. The molecule has 4 amide bonds. The van der Waals surface area contributed by atoms with Crippen LogP contribution >= 0.6 is 0 Å². The molecule has 6 rings (SSSR count). The fourth-order valence-corrected chi connectivity index (χ4v) is 6.23. The highest BCUT2D eigenvalue weighted by atomic mass is 16.5. The summed E-state index contributed by atoms with van der Waals surface area (Å²) in [5, 5.41) is 2.34. The van der Waals surface area contributed by atoms with Gasteiger partial charge in [-0.05, 0) is 73.7 Å². The highest BCUT2D eigenvalue weighted by Gasteiger charge is 2.39. The van der Waals surface area contributed by atoms with Gasteiger partial charge in [-0.2, -0.15) is 0 Å². The molecule has 4 heterocycles. The third-order valence-corrected chi connectivity index (χ3v) is 8.39. The Morgan fingerprint density at radius 2 is 1.74 bits per heavy atom. The molecule has 0 spiro atoms. The van der Waals surface area contributed by atoms with Gasteiger partial charge >= 0.3 is 0 Å². The molecule has 39 heavy (non-hydrogen) atoms. The van der Waals surface area contributed by atoms with Crippen molar-refractivity contribution in [2.24, 2.45) is 0 Å². The number of carbonyl (C=O) groups excluding carboxylic acids is 4. The third kappa shape index (κ3) is 5.28. The molecule has 3 fully saturated rings. The largest absolute Gasteiger partial charge is 0.492 e. The maximum atomic E-state index is 13.0. The minimum Gasteiger partial charge on any atom is -0.492 e. The summed E-state index contributed by atoms with van der Waals surface area (Å²) in [6.45, 7) is 3.55. The van der Waals surface area contributed by atoms with Crippen molar-refractivity contribution in [3.63, 3.8) is 0 Å². The molecule has 0 aromatic heterocycles. The molecule has 9 heteroatoms. The van der Waals surface area contributed by atoms with Crippen molar-refractivity contribution in [2.75, 3.05) is 24.6 Å². The Hall–Kier alpha value is -3.72. The number of nitrogens with one attached hydrogen (secondary N) is 1. The first-order valence-corrected chi connectivity index (χ1v) is 14.0. The van der Waals surface area contributed by atoms with Crippen LogP contribution in [0.2, 0.25) is 0 Å². The van der Waals surface area contributed by atoms with E-state index in [2.05, 4.69) is 34.5 Å². The summed E-state index contributed by atoms with van der Waals surface area (Å²) in [5.74, 6) is 0.0564. The van der Waals surface area contributed by atoms with Gasteiger partial charge in [0.2, 0.25) is 17.7 Å². The van der Waals surface area contributed by atoms with Crippen molar-refractivity contribution in [2.45, 2.75) is 70.1 Å². The molecule has 0 saturated carbocycles. The summed E-state index contributed by atoms with van der Waals surface area (Å²) >= 11 is 0. The molecule has 4 aliphatic heterocycles. The Balaban J connectivity index is 1.07. The molecule has 9 nitrogen and oxygen atoms in total. The number of carbonyl (C=O) groups is 4. The van der Waals surface area contributed by atoms with Gasteiger partial charge in [0.15, 0.2) is 0 Å². The van der Waals surface area contributed by atoms with E-state index in [-0.39, 0.29) is 30.2 Å². The summed E-state index contributed by atoms with van der Waals surface area (Å²) in [7, 11) is 0. The lowest BCUT2D eigenvalue weighted by Gasteiger charge is -2.35. The first kappa shape index (κ1) is 25.6. The number of amides is 4. The Morgan fingerprint density at radius 3 is 2.51 bits per heavy atom. The highest BCUT2D eigenvalue weighted by molar-refractivity contribution is 6.05. The molecule has 3 saturated heterocycles. The molecule has 1 N–H and O–H groups in total. The van der Waals surface area contributed by atoms with Crippen LogP contribution in [0, 0.1) is 0 Å². The van der Waals surface area contributed by atoms with Gasteiger partial charge in [0.1, 0.15) is 18.4 Å². The van der Waals surface area contributed by atoms with Gasteiger partial charge in [0, 0.05) is 49.8 Å². The lowest BCUT2D eigenvalue weighted by atomic mass is 10.0. The summed E-state index contributed by atoms with van der Waals surface area (Å²) in [5.41, 5.74) is 3.64. The SMILES string of the molecule is O=C1CCC(N2Cc3cc(OCC4CCCCN4Cc4ccc(N5CCCC5=O)cc4)ccc3C2=O)C(=O)N1. The number of rotatable bonds is 7. The van der Waals surface area contributed by atoms with Gasteiger partial charge in [-0.15, -0.1) is 0 Å². The van der Waals surface area contributed by atoms with Crippen LogP contribution in [0.1, 0.15) is 66.4 Å². The van der Waals surface area contributed by atoms with E-state index in [1.807, 2.05) is 17.0 Å². The minimum absolute atomic E-state index is 0.176. The monoisotopic (exact) mass is 530 g/mol. The van der Waals surface area contributed by atoms with Crippen molar-refractivity contribution in [3.8, 4) is 5.75 Å². The van der Waals surface area contributed by atoms with E-state index < -0.39 is 11.9 Å². The van der Waals surface area contributed by atoms with E-state index in [9.17, 15) is 19.2 Å². The number of anilines is 1. The molecule has 4 aliphatic rings. The summed E-state index contributed by atoms with van der Waals surface area (Å²) in [6.07, 6.45) is 5.54. The maximum Gasteiger partial charge on any atom is 0.255 e. The van der Waals surface area contributed by atoms with Crippen LogP contribution in [-0.4, -0.2) is 65.2 Å². The smallest absolute Gasteiger partial charge is 0.255 e. The van der Waals surface area contributed by atoms with Gasteiger partial charge in [-0.25, -0.2) is 0 Å². The number of hydrogen-bond acceptors (Lipinski definition) is 6. The van der Waals surface area contributed by atoms with E-state index in [1.54, 1.807) is 11.0 Å². The molecule has 0 bridgehead atoms. The number of fused-ring (bicyclic) bond motifs is 1. The van der Waals surface area contributed by atoms with Gasteiger partial charge in [0.25, 0.3) is 5.91 Å². The zero-order valence-corrected chi connectivity index (χ0v) is 22.1. The average Bonchev–Trinajstić information content (AvgIpc) is 3.51. The lowest BCUT2D eigenvalue weighted by Crippen LogP contribution is -2.52. The van der Waals surface area contributed by atoms with Crippen molar-refractivity contribution in [1.29, 1.82) is 0 Å². The second-order valence-corrected chi connectivity index (χ2v) is 11.0. The number of hydrogen-bond donors (Lipinski definition) is 1. The minimum atomic E-state index is -0.618. The number of likely N-dealkylation sites (tertiary alicyclic amines) is 1. The second kappa shape index (κ2) is 10.8. The zero-order chi connectivity index (χ0) is 26.9. The molecular formula is C30H34N4O5. The van der Waals surface area contributed by atoms with Crippen LogP contribution in [0.5, 0.6) is 5.75 Å². The zero-order valence-electron chi connectivity index (χ0n) is 22.1. The Kier molecular flexibility index (Phi) is 7.08. The number of ether oxygens (including phenoxy) is 1. The van der Waals surface area contributed by atoms with Crippen molar-refractivity contribution >= 4 is 29.3 Å². The molecular weight excluding hydrogens is 496 g/mol. The quantitative estimate of drug-likeness (QED) is 0.553. The van der Waals surface area contributed by atoms with Crippen LogP contribution in [0.15, 0.2) is 42.5 Å². The summed E-state index contributed by atoms with van der Waals surface area (Å²) in [4.78, 5) is 54.7. The lowest BCUT2D eigenvalue weighted by molar-refractivity contribution is -0.137. The maximum absolute atomic E-state index is 13.0. The van der Waals surface area contributed by atoms with Crippen LogP contribution < -0.4 is 15.0 Å². The Labute approximate surface area is 228 Å². The normalized spacial score (nSPS) is 23.8. The van der Waals surface area contributed by atoms with Gasteiger partial charge in [0.05, 0.1) is 0 Å². The van der Waals surface area contributed by atoms with Crippen molar-refractivity contribution in [3.05, 3.63) is 59.2 Å². The van der Waals surface area contributed by atoms with Gasteiger partial charge < -0.3 is 14.5 Å². The summed E-state index contributed by atoms with van der Waals surface area (Å²) < 4.78 is 6.25. The van der Waals surface area contributed by atoms with Crippen LogP contribution in [0.25, 0.3) is 0 Å². The molecule has 2 aromatic carbocycles. The van der Waals surface area contributed by atoms with Gasteiger partial charge in [-0.1, -0.05) is 18.6 Å². The average molecular weight is 531 g/mol. The molecule has 0 aliphatic carbocycles. The Bertz CT molecular complexity index is 1290. The first-order chi connectivity index (χ1) is 19.0. The standard InChI is InChI=1S/C30H34N4O5/c35-27-13-12-26(29(37)31-27)34-18-21-16-24(10-11-25(21)30(34)38)39-19-23-4-1-2-14-32(23)17-20-6-8-22(9-7-20)33-15-3-5-28(33)36/h6-11,16,23,26H,1-5,12-15,17-19H2,(H,31,35,37). The Morgan fingerprint density at radius 1 is 0.897 bits per heavy atom. The third-order valence-electron chi connectivity index (χ3n) is 8.39. The van der Waals surface area contributed by atoms with E-state index in [0.29, 0.717) is 31.6 Å². The molecule has 2 atom stereocenters. The van der Waals surface area contributed by atoms with Crippen molar-refractivity contribution < 1.29 is 23.9 Å². The van der Waals surface area contributed by atoms with Crippen LogP contribution in [0.3, 0.4) is 0 Å². The molecule has 2 unspecified atom stereocenters. The predicted molar refractivity (Wildman–Crippen MR) is 144 cm³/mol. The number of imide groups is 1. The number of benzene rings is 2. The number of piperidine rings is 2. The fraction of sp³-hybridized carbons (Fsp3) is 0.467. The summed E-state index contributed by atoms with van der Waals surface area (Å²) in [6, 6.07) is 13.5. The highest BCUT2D eigenvalue weighted by Crippen LogP contribution is 2.31. The van der Waals surface area contributed by atoms with Crippen LogP contribution in [0.4, 0.5) is 5.69 Å². The van der Waals surface area contributed by atoms with E-state index >= 15 is 0 Å². The number of nitrogens with zero attached hydrogens (tertiary/aromatic N) is 3. The van der Waals surface area contributed by atoms with E-state index in [1.165, 1.54) is 12.0 Å². The molecule has 0 radical (unpaired) electrons. The fourth-order valence-electron chi connectivity index (χ4n) is 6.23. The van der Waals surface area contributed by atoms with E-state index in [4.69, 9.17) is 4.74 Å².